The monoisotopic (exact) mass is 146 g/mol. The van der Waals surface area contributed by atoms with Crippen molar-refractivity contribution in [2.24, 2.45) is 0 Å². The Balaban J connectivity index is 2.73. The van der Waals surface area contributed by atoms with Gasteiger partial charge in [0.2, 0.25) is 0 Å². The Morgan fingerprint density at radius 1 is 1.40 bits per heavy atom. The number of carbonyl (C=O) groups is 2. The van der Waals surface area contributed by atoms with Crippen molar-refractivity contribution in [3.05, 3.63) is 0 Å². The molecule has 0 bridgehead atoms. The molecule has 0 aromatic rings. The lowest BCUT2D eigenvalue weighted by molar-refractivity contribution is -0.292. The minimum atomic E-state index is -2.02. The van der Waals surface area contributed by atoms with Gasteiger partial charge >= 0.3 is 17.9 Å². The maximum atomic E-state index is 10.3. The molecule has 1 saturated heterocycles. The quantitative estimate of drug-likeness (QED) is 0.385. The molecule has 1 N–H and O–H groups in total. The van der Waals surface area contributed by atoms with Gasteiger partial charge < -0.3 is 14.6 Å². The van der Waals surface area contributed by atoms with Crippen LogP contribution >= 0.6 is 0 Å². The fourth-order valence-electron chi connectivity index (χ4n) is 0.538. The summed E-state index contributed by atoms with van der Waals surface area (Å²) in [5.41, 5.74) is 0. The number of ether oxygens (including phenoxy) is 2. The molecule has 0 aromatic carbocycles. The molecule has 0 unspecified atom stereocenters. The van der Waals surface area contributed by atoms with Crippen LogP contribution in [0.25, 0.3) is 0 Å². The maximum absolute atomic E-state index is 10.3. The van der Waals surface area contributed by atoms with Gasteiger partial charge in [0.1, 0.15) is 0 Å². The highest BCUT2D eigenvalue weighted by molar-refractivity contribution is 6.31. The number of hydrogen-bond donors (Lipinski definition) is 1. The van der Waals surface area contributed by atoms with E-state index in [4.69, 9.17) is 5.11 Å². The Morgan fingerprint density at radius 3 is 2.00 bits per heavy atom. The third kappa shape index (κ3) is 0.950. The lowest BCUT2D eigenvalue weighted by atomic mass is 10.4. The van der Waals surface area contributed by atoms with Crippen molar-refractivity contribution in [2.45, 2.75) is 19.3 Å². The average Bonchev–Trinajstić information content (AvgIpc) is 2.10. The second-order valence-corrected chi connectivity index (χ2v) is 1.85. The van der Waals surface area contributed by atoms with Crippen LogP contribution in [-0.4, -0.2) is 23.0 Å². The smallest absolute Gasteiger partial charge is 0.389 e. The van der Waals surface area contributed by atoms with Gasteiger partial charge in [-0.25, -0.2) is 9.59 Å². The van der Waals surface area contributed by atoms with Crippen molar-refractivity contribution in [3.63, 3.8) is 0 Å². The van der Waals surface area contributed by atoms with E-state index in [0.29, 0.717) is 0 Å². The molecule has 0 radical (unpaired) electrons. The molecule has 0 saturated carbocycles. The van der Waals surface area contributed by atoms with Crippen molar-refractivity contribution in [1.29, 1.82) is 0 Å². The van der Waals surface area contributed by atoms with Crippen LogP contribution in [0, 0.1) is 0 Å². The molecule has 1 aliphatic rings. The summed E-state index contributed by atoms with van der Waals surface area (Å²) < 4.78 is 8.31. The summed E-state index contributed by atoms with van der Waals surface area (Å²) in [6.45, 7) is 1.52. The molecule has 0 amide bonds. The van der Waals surface area contributed by atoms with Crippen LogP contribution in [0.5, 0.6) is 0 Å². The number of cyclic esters (lactones) is 2. The van der Waals surface area contributed by atoms with E-state index in [0.717, 1.165) is 0 Å². The lowest BCUT2D eigenvalue weighted by Crippen LogP contribution is -2.28. The topological polar surface area (TPSA) is 72.8 Å². The van der Waals surface area contributed by atoms with Crippen LogP contribution in [0.3, 0.4) is 0 Å². The van der Waals surface area contributed by atoms with E-state index >= 15 is 0 Å². The first-order valence-corrected chi connectivity index (χ1v) is 2.76. The van der Waals surface area contributed by atoms with Crippen molar-refractivity contribution in [1.82, 2.24) is 0 Å². The first-order valence-electron chi connectivity index (χ1n) is 2.76. The zero-order chi connectivity index (χ0) is 7.78. The van der Waals surface area contributed by atoms with Crippen LogP contribution in [0.1, 0.15) is 13.3 Å². The second-order valence-electron chi connectivity index (χ2n) is 1.85. The molecule has 1 heterocycles. The van der Waals surface area contributed by atoms with Crippen LogP contribution in [0.4, 0.5) is 0 Å². The molecule has 0 spiro atoms. The molecule has 10 heavy (non-hydrogen) atoms. The third-order valence-corrected chi connectivity index (χ3v) is 1.12. The molecule has 0 aromatic heterocycles. The SMILES string of the molecule is CCC1(O)OC(=O)C(=O)O1. The Hall–Kier alpha value is -1.10. The van der Waals surface area contributed by atoms with Crippen LogP contribution in [0.15, 0.2) is 0 Å². The number of hydrogen-bond acceptors (Lipinski definition) is 5. The van der Waals surface area contributed by atoms with E-state index in [1.165, 1.54) is 6.92 Å². The Labute approximate surface area is 56.5 Å². The maximum Gasteiger partial charge on any atom is 0.422 e. The largest absolute Gasteiger partial charge is 0.422 e. The normalized spacial score (nSPS) is 22.2. The summed E-state index contributed by atoms with van der Waals surface area (Å²) in [6.07, 6.45) is 0.0322. The highest BCUT2D eigenvalue weighted by Gasteiger charge is 2.45. The molecule has 0 atom stereocenters. The zero-order valence-electron chi connectivity index (χ0n) is 5.29. The van der Waals surface area contributed by atoms with E-state index in [1.54, 1.807) is 0 Å². The van der Waals surface area contributed by atoms with Crippen molar-refractivity contribution in [2.75, 3.05) is 0 Å². The van der Waals surface area contributed by atoms with Gasteiger partial charge in [0.05, 0.1) is 6.42 Å². The minimum Gasteiger partial charge on any atom is -0.389 e. The lowest BCUT2D eigenvalue weighted by Gasteiger charge is -2.14. The Kier molecular flexibility index (Phi) is 1.37. The van der Waals surface area contributed by atoms with E-state index < -0.39 is 17.9 Å². The molecular weight excluding hydrogens is 140 g/mol. The fraction of sp³-hybridized carbons (Fsp3) is 0.600. The molecule has 5 heteroatoms. The zero-order valence-corrected chi connectivity index (χ0v) is 5.29. The van der Waals surface area contributed by atoms with E-state index in [-0.39, 0.29) is 6.42 Å². The van der Waals surface area contributed by atoms with Gasteiger partial charge in [-0.15, -0.1) is 0 Å². The number of esters is 2. The molecule has 0 aliphatic carbocycles. The molecule has 1 fully saturated rings. The minimum absolute atomic E-state index is 0.0322. The molecule has 1 rings (SSSR count). The highest BCUT2D eigenvalue weighted by atomic mass is 16.9. The Bertz CT molecular complexity index is 168. The standard InChI is InChI=1S/C5H6O5/c1-2-5(8)9-3(6)4(7)10-5/h8H,2H2,1H3. The van der Waals surface area contributed by atoms with Gasteiger partial charge in [-0.2, -0.15) is 0 Å². The van der Waals surface area contributed by atoms with E-state index in [2.05, 4.69) is 9.47 Å². The van der Waals surface area contributed by atoms with Crippen LogP contribution in [-0.2, 0) is 19.1 Å². The summed E-state index contributed by atoms with van der Waals surface area (Å²) in [4.78, 5) is 20.6. The summed E-state index contributed by atoms with van der Waals surface area (Å²) >= 11 is 0. The summed E-state index contributed by atoms with van der Waals surface area (Å²) in [5, 5.41) is 8.95. The van der Waals surface area contributed by atoms with Crippen molar-refractivity contribution in [3.8, 4) is 0 Å². The number of aliphatic hydroxyl groups is 1. The van der Waals surface area contributed by atoms with Gasteiger partial charge in [-0.1, -0.05) is 6.92 Å². The Morgan fingerprint density at radius 2 is 1.80 bits per heavy atom. The first kappa shape index (κ1) is 7.01. The van der Waals surface area contributed by atoms with Crippen LogP contribution < -0.4 is 0 Å². The van der Waals surface area contributed by atoms with Crippen molar-refractivity contribution < 1.29 is 24.2 Å². The van der Waals surface area contributed by atoms with Gasteiger partial charge in [0.15, 0.2) is 0 Å². The van der Waals surface area contributed by atoms with Gasteiger partial charge in [0, 0.05) is 0 Å². The molecular formula is C5H6O5. The van der Waals surface area contributed by atoms with Gasteiger partial charge in [-0.3, -0.25) is 0 Å². The first-order chi connectivity index (χ1) is 4.57. The second kappa shape index (κ2) is 1.95. The van der Waals surface area contributed by atoms with Gasteiger partial charge in [0.25, 0.3) is 0 Å². The summed E-state index contributed by atoms with van der Waals surface area (Å²) in [5.74, 6) is -4.32. The molecule has 1 aliphatic heterocycles. The predicted octanol–water partition coefficient (Wildman–Crippen LogP) is -0.858. The number of rotatable bonds is 1. The summed E-state index contributed by atoms with van der Waals surface area (Å²) in [6, 6.07) is 0. The average molecular weight is 146 g/mol. The van der Waals surface area contributed by atoms with Crippen LogP contribution in [0.2, 0.25) is 0 Å². The van der Waals surface area contributed by atoms with E-state index in [1.807, 2.05) is 0 Å². The van der Waals surface area contributed by atoms with Gasteiger partial charge in [-0.05, 0) is 0 Å². The fourth-order valence-corrected chi connectivity index (χ4v) is 0.538. The van der Waals surface area contributed by atoms with E-state index in [9.17, 15) is 9.59 Å². The highest BCUT2D eigenvalue weighted by Crippen LogP contribution is 2.20. The molecule has 56 valence electrons. The molecule has 5 nitrogen and oxygen atoms in total. The summed E-state index contributed by atoms with van der Waals surface area (Å²) in [7, 11) is 0. The third-order valence-electron chi connectivity index (χ3n) is 1.12. The number of carbonyl (C=O) groups excluding carboxylic acids is 2. The predicted molar refractivity (Wildman–Crippen MR) is 27.4 cm³/mol. The van der Waals surface area contributed by atoms with Crippen molar-refractivity contribution >= 4 is 11.9 Å².